The molecule has 2 N–H and O–H groups in total. The van der Waals surface area contributed by atoms with Crippen molar-refractivity contribution in [3.8, 4) is 0 Å². The minimum Gasteiger partial charge on any atom is -0.367 e. The van der Waals surface area contributed by atoms with Crippen LogP contribution in [0.3, 0.4) is 0 Å². The first kappa shape index (κ1) is 16.5. The van der Waals surface area contributed by atoms with Crippen molar-refractivity contribution in [2.75, 3.05) is 11.4 Å². The highest BCUT2D eigenvalue weighted by atomic mass is 19.1. The fourth-order valence-electron chi connectivity index (χ4n) is 4.69. The van der Waals surface area contributed by atoms with Crippen molar-refractivity contribution >= 4 is 5.69 Å². The van der Waals surface area contributed by atoms with Gasteiger partial charge in [0.15, 0.2) is 0 Å². The summed E-state index contributed by atoms with van der Waals surface area (Å²) in [6, 6.07) is 9.81. The van der Waals surface area contributed by atoms with E-state index < -0.39 is 0 Å². The lowest BCUT2D eigenvalue weighted by atomic mass is 9.84. The van der Waals surface area contributed by atoms with Crippen LogP contribution in [0.4, 0.5) is 10.1 Å². The van der Waals surface area contributed by atoms with E-state index in [9.17, 15) is 4.39 Å². The number of benzene rings is 1. The number of anilines is 1. The molecule has 0 amide bonds. The Balaban J connectivity index is 1.64. The number of nitrogens with zero attached hydrogens (tertiary/aromatic N) is 2. The molecule has 4 rings (SSSR count). The standard InChI is InChI=1S/C21H26FN3/c1-21(23)9-2-5-19-18(13-21)17-12-16(22)6-7-20(17)25(19)11-8-15-4-3-10-24-14-15/h3-4,6-7,10,12,14,18-19H,2,5,8-9,11,13,23H2,1H3/t18-,19+,21?/m0/s1. The molecular formula is C21H26FN3. The van der Waals surface area contributed by atoms with Crippen LogP contribution in [0.15, 0.2) is 42.7 Å². The second-order valence-corrected chi connectivity index (χ2v) is 7.93. The average molecular weight is 339 g/mol. The fourth-order valence-corrected chi connectivity index (χ4v) is 4.69. The van der Waals surface area contributed by atoms with E-state index in [1.165, 1.54) is 11.3 Å². The third kappa shape index (κ3) is 3.28. The molecule has 4 heteroatoms. The third-order valence-electron chi connectivity index (χ3n) is 5.86. The quantitative estimate of drug-likeness (QED) is 0.918. The monoisotopic (exact) mass is 339 g/mol. The van der Waals surface area contributed by atoms with Gasteiger partial charge < -0.3 is 10.6 Å². The Morgan fingerprint density at radius 3 is 3.04 bits per heavy atom. The summed E-state index contributed by atoms with van der Waals surface area (Å²) in [6.45, 7) is 3.08. The first-order valence-electron chi connectivity index (χ1n) is 9.27. The molecule has 2 heterocycles. The number of rotatable bonds is 3. The highest BCUT2D eigenvalue weighted by molar-refractivity contribution is 5.62. The molecule has 2 aromatic rings. The maximum absolute atomic E-state index is 13.9. The molecule has 1 aliphatic carbocycles. The fraction of sp³-hybridized carbons (Fsp3) is 0.476. The summed E-state index contributed by atoms with van der Waals surface area (Å²) in [4.78, 5) is 6.71. The molecule has 1 aromatic heterocycles. The van der Waals surface area contributed by atoms with Crippen LogP contribution in [-0.2, 0) is 6.42 Å². The van der Waals surface area contributed by atoms with Gasteiger partial charge in [-0.15, -0.1) is 0 Å². The lowest BCUT2D eigenvalue weighted by Gasteiger charge is -2.30. The topological polar surface area (TPSA) is 42.1 Å². The molecule has 1 saturated carbocycles. The largest absolute Gasteiger partial charge is 0.367 e. The Labute approximate surface area is 149 Å². The molecule has 0 bridgehead atoms. The van der Waals surface area contributed by atoms with Gasteiger partial charge in [-0.1, -0.05) is 6.07 Å². The Bertz CT molecular complexity index is 744. The summed E-state index contributed by atoms with van der Waals surface area (Å²) in [7, 11) is 0. The lowest BCUT2D eigenvalue weighted by Crippen LogP contribution is -2.39. The maximum atomic E-state index is 13.9. The molecular weight excluding hydrogens is 313 g/mol. The lowest BCUT2D eigenvalue weighted by molar-refractivity contribution is 0.383. The van der Waals surface area contributed by atoms with Crippen molar-refractivity contribution in [2.24, 2.45) is 5.73 Å². The molecule has 1 fully saturated rings. The van der Waals surface area contributed by atoms with E-state index in [1.807, 2.05) is 18.3 Å². The molecule has 3 nitrogen and oxygen atoms in total. The predicted octanol–water partition coefficient (Wildman–Crippen LogP) is 4.03. The first-order chi connectivity index (χ1) is 12.0. The normalized spacial score (nSPS) is 28.4. The molecule has 0 spiro atoms. The van der Waals surface area contributed by atoms with Gasteiger partial charge in [0.2, 0.25) is 0 Å². The second-order valence-electron chi connectivity index (χ2n) is 7.93. The van der Waals surface area contributed by atoms with Gasteiger partial charge in [-0.2, -0.15) is 0 Å². The SMILES string of the molecule is CC1(N)CCC[C@@H]2[C@@H](C1)c1cc(F)ccc1N2CCc1cccnc1. The Morgan fingerprint density at radius 2 is 2.24 bits per heavy atom. The van der Waals surface area contributed by atoms with Gasteiger partial charge in [0.05, 0.1) is 0 Å². The molecule has 0 saturated heterocycles. The summed E-state index contributed by atoms with van der Waals surface area (Å²) in [5.41, 5.74) is 9.94. The zero-order chi connectivity index (χ0) is 17.4. The number of hydrogen-bond acceptors (Lipinski definition) is 3. The zero-order valence-electron chi connectivity index (χ0n) is 14.8. The van der Waals surface area contributed by atoms with Crippen molar-refractivity contribution < 1.29 is 4.39 Å². The van der Waals surface area contributed by atoms with Crippen molar-refractivity contribution in [1.82, 2.24) is 4.98 Å². The Kier molecular flexibility index (Phi) is 4.24. The van der Waals surface area contributed by atoms with Crippen LogP contribution in [-0.4, -0.2) is 23.1 Å². The highest BCUT2D eigenvalue weighted by Gasteiger charge is 2.42. The molecule has 2 aliphatic rings. The number of pyridine rings is 1. The Morgan fingerprint density at radius 1 is 1.36 bits per heavy atom. The van der Waals surface area contributed by atoms with Crippen LogP contribution < -0.4 is 10.6 Å². The Hall–Kier alpha value is -1.94. The van der Waals surface area contributed by atoms with E-state index in [4.69, 9.17) is 5.73 Å². The van der Waals surface area contributed by atoms with Crippen LogP contribution in [0, 0.1) is 5.82 Å². The molecule has 3 atom stereocenters. The summed E-state index contributed by atoms with van der Waals surface area (Å²) < 4.78 is 13.9. The van der Waals surface area contributed by atoms with Gasteiger partial charge in [-0.05, 0) is 74.4 Å². The number of halogens is 1. The summed E-state index contributed by atoms with van der Waals surface area (Å²) in [5, 5.41) is 0. The van der Waals surface area contributed by atoms with Gasteiger partial charge in [0, 0.05) is 42.1 Å². The molecule has 0 radical (unpaired) electrons. The van der Waals surface area contributed by atoms with Crippen LogP contribution in [0.5, 0.6) is 0 Å². The van der Waals surface area contributed by atoms with E-state index in [0.29, 0.717) is 12.0 Å². The van der Waals surface area contributed by atoms with Crippen molar-refractivity contribution in [2.45, 2.75) is 56.5 Å². The molecule has 25 heavy (non-hydrogen) atoms. The van der Waals surface area contributed by atoms with Gasteiger partial charge >= 0.3 is 0 Å². The minimum atomic E-state index is -0.164. The summed E-state index contributed by atoms with van der Waals surface area (Å²) in [6.07, 6.45) is 8.92. The number of nitrogens with two attached hydrogens (primary N) is 1. The van der Waals surface area contributed by atoms with E-state index in [1.54, 1.807) is 18.3 Å². The van der Waals surface area contributed by atoms with Gasteiger partial charge in [-0.25, -0.2) is 4.39 Å². The second kappa shape index (κ2) is 6.41. The molecule has 1 aromatic carbocycles. The van der Waals surface area contributed by atoms with Crippen LogP contribution in [0.25, 0.3) is 0 Å². The van der Waals surface area contributed by atoms with Gasteiger partial charge in [-0.3, -0.25) is 4.98 Å². The zero-order valence-corrected chi connectivity index (χ0v) is 14.8. The third-order valence-corrected chi connectivity index (χ3v) is 5.86. The number of hydrogen-bond donors (Lipinski definition) is 1. The number of aromatic nitrogens is 1. The number of fused-ring (bicyclic) bond motifs is 3. The summed E-state index contributed by atoms with van der Waals surface area (Å²) >= 11 is 0. The minimum absolute atomic E-state index is 0.144. The predicted molar refractivity (Wildman–Crippen MR) is 99.3 cm³/mol. The van der Waals surface area contributed by atoms with Gasteiger partial charge in [0.1, 0.15) is 5.82 Å². The highest BCUT2D eigenvalue weighted by Crippen LogP contribution is 2.48. The summed E-state index contributed by atoms with van der Waals surface area (Å²) in [5.74, 6) is 0.187. The van der Waals surface area contributed by atoms with E-state index in [2.05, 4.69) is 22.9 Å². The van der Waals surface area contributed by atoms with Crippen molar-refractivity contribution in [3.63, 3.8) is 0 Å². The van der Waals surface area contributed by atoms with Crippen LogP contribution in [0.2, 0.25) is 0 Å². The van der Waals surface area contributed by atoms with Crippen molar-refractivity contribution in [3.05, 3.63) is 59.7 Å². The smallest absolute Gasteiger partial charge is 0.123 e. The average Bonchev–Trinajstić information content (AvgIpc) is 2.75. The first-order valence-corrected chi connectivity index (χ1v) is 9.27. The van der Waals surface area contributed by atoms with Crippen LogP contribution in [0.1, 0.15) is 49.7 Å². The maximum Gasteiger partial charge on any atom is 0.123 e. The van der Waals surface area contributed by atoms with Gasteiger partial charge in [0.25, 0.3) is 0 Å². The van der Waals surface area contributed by atoms with Crippen molar-refractivity contribution in [1.29, 1.82) is 0 Å². The van der Waals surface area contributed by atoms with Crippen LogP contribution >= 0.6 is 0 Å². The molecule has 132 valence electrons. The van der Waals surface area contributed by atoms with E-state index in [0.717, 1.165) is 44.2 Å². The van der Waals surface area contributed by atoms with E-state index in [-0.39, 0.29) is 11.4 Å². The molecule has 1 unspecified atom stereocenters. The van der Waals surface area contributed by atoms with E-state index >= 15 is 0 Å². The molecule has 1 aliphatic heterocycles.